The Kier molecular flexibility index (Phi) is 3.11. The zero-order valence-electron chi connectivity index (χ0n) is 7.36. The summed E-state index contributed by atoms with van der Waals surface area (Å²) in [6, 6.07) is 4.25. The van der Waals surface area contributed by atoms with Crippen molar-refractivity contribution in [2.24, 2.45) is 0 Å². The zero-order valence-corrected chi connectivity index (χ0v) is 7.36. The van der Waals surface area contributed by atoms with Crippen molar-refractivity contribution in [1.29, 1.82) is 0 Å². The third kappa shape index (κ3) is 2.11. The van der Waals surface area contributed by atoms with Gasteiger partial charge < -0.3 is 20.6 Å². The molecule has 0 saturated carbocycles. The van der Waals surface area contributed by atoms with Gasteiger partial charge in [-0.05, 0) is 24.7 Å². The lowest BCUT2D eigenvalue weighted by Gasteiger charge is -2.13. The predicted octanol–water partition coefficient (Wildman–Crippen LogP) is 0.351. The third-order valence-electron chi connectivity index (χ3n) is 1.93. The average Bonchev–Trinajstić information content (AvgIpc) is 2.13. The second kappa shape index (κ2) is 4.11. The Balaban J connectivity index is 2.95. The molecule has 1 atom stereocenters. The fourth-order valence-electron chi connectivity index (χ4n) is 1.12. The summed E-state index contributed by atoms with van der Waals surface area (Å²) in [4.78, 5) is 0. The fourth-order valence-corrected chi connectivity index (χ4v) is 1.12. The molecule has 0 fully saturated rings. The first kappa shape index (κ1) is 9.83. The number of rotatable bonds is 3. The molecule has 0 aliphatic heterocycles. The number of aromatic hydroxyl groups is 2. The maximum Gasteiger partial charge on any atom is 0.157 e. The van der Waals surface area contributed by atoms with E-state index in [0.717, 1.165) is 5.56 Å². The number of hydrogen-bond acceptors (Lipinski definition) is 4. The monoisotopic (exact) mass is 183 g/mol. The molecule has 0 unspecified atom stereocenters. The van der Waals surface area contributed by atoms with Gasteiger partial charge in [-0.2, -0.15) is 0 Å². The maximum absolute atomic E-state index is 9.18. The molecule has 72 valence electrons. The van der Waals surface area contributed by atoms with Crippen LogP contribution in [0.25, 0.3) is 0 Å². The van der Waals surface area contributed by atoms with Crippen LogP contribution in [0.4, 0.5) is 0 Å². The van der Waals surface area contributed by atoms with Gasteiger partial charge >= 0.3 is 0 Å². The summed E-state index contributed by atoms with van der Waals surface area (Å²) in [7, 11) is 1.71. The molecule has 4 N–H and O–H groups in total. The average molecular weight is 183 g/mol. The van der Waals surface area contributed by atoms with E-state index >= 15 is 0 Å². The molecule has 13 heavy (non-hydrogen) atoms. The van der Waals surface area contributed by atoms with Crippen LogP contribution < -0.4 is 5.32 Å². The van der Waals surface area contributed by atoms with Crippen molar-refractivity contribution >= 4 is 0 Å². The van der Waals surface area contributed by atoms with E-state index in [9.17, 15) is 5.11 Å². The SMILES string of the molecule is CN[C@@H](CO)c1ccc(O)c(O)c1. The summed E-state index contributed by atoms with van der Waals surface area (Å²) >= 11 is 0. The maximum atomic E-state index is 9.18. The minimum Gasteiger partial charge on any atom is -0.504 e. The van der Waals surface area contributed by atoms with Crippen LogP contribution in [0.15, 0.2) is 18.2 Å². The molecule has 4 nitrogen and oxygen atoms in total. The second-order valence-corrected chi connectivity index (χ2v) is 2.77. The van der Waals surface area contributed by atoms with Gasteiger partial charge in [0.05, 0.1) is 12.6 Å². The molecule has 0 aliphatic rings. The lowest BCUT2D eigenvalue weighted by atomic mass is 10.1. The van der Waals surface area contributed by atoms with Gasteiger partial charge in [-0.3, -0.25) is 0 Å². The highest BCUT2D eigenvalue weighted by Crippen LogP contribution is 2.27. The van der Waals surface area contributed by atoms with Gasteiger partial charge in [-0.1, -0.05) is 6.07 Å². The summed E-state index contributed by atoms with van der Waals surface area (Å²) < 4.78 is 0. The van der Waals surface area contributed by atoms with Gasteiger partial charge in [0.2, 0.25) is 0 Å². The van der Waals surface area contributed by atoms with E-state index in [1.807, 2.05) is 0 Å². The lowest BCUT2D eigenvalue weighted by Crippen LogP contribution is -2.19. The zero-order chi connectivity index (χ0) is 9.84. The molecule has 1 aromatic rings. The highest BCUT2D eigenvalue weighted by atomic mass is 16.3. The van der Waals surface area contributed by atoms with Crippen molar-refractivity contribution in [2.75, 3.05) is 13.7 Å². The molecule has 0 aromatic heterocycles. The van der Waals surface area contributed by atoms with Crippen LogP contribution in [0.3, 0.4) is 0 Å². The molecule has 0 radical (unpaired) electrons. The Labute approximate surface area is 76.5 Å². The van der Waals surface area contributed by atoms with Crippen molar-refractivity contribution in [3.8, 4) is 11.5 Å². The number of aliphatic hydroxyl groups is 1. The summed E-state index contributed by atoms with van der Waals surface area (Å²) in [6.45, 7) is -0.0548. The summed E-state index contributed by atoms with van der Waals surface area (Å²) in [5.74, 6) is -0.331. The van der Waals surface area contributed by atoms with Crippen molar-refractivity contribution < 1.29 is 15.3 Å². The van der Waals surface area contributed by atoms with E-state index in [4.69, 9.17) is 10.2 Å². The van der Waals surface area contributed by atoms with Crippen molar-refractivity contribution in [3.05, 3.63) is 23.8 Å². The van der Waals surface area contributed by atoms with Crippen molar-refractivity contribution in [2.45, 2.75) is 6.04 Å². The van der Waals surface area contributed by atoms with Crippen LogP contribution >= 0.6 is 0 Å². The summed E-state index contributed by atoms with van der Waals surface area (Å²) in [5.41, 5.74) is 0.736. The van der Waals surface area contributed by atoms with Gasteiger partial charge in [0.15, 0.2) is 11.5 Å². The molecule has 0 aliphatic carbocycles. The fraction of sp³-hybridized carbons (Fsp3) is 0.333. The number of hydrogen-bond donors (Lipinski definition) is 4. The van der Waals surface area contributed by atoms with E-state index < -0.39 is 0 Å². The third-order valence-corrected chi connectivity index (χ3v) is 1.93. The van der Waals surface area contributed by atoms with Gasteiger partial charge in [0, 0.05) is 0 Å². The minimum absolute atomic E-state index is 0.0548. The van der Waals surface area contributed by atoms with Crippen LogP contribution in [-0.2, 0) is 0 Å². The Morgan fingerprint density at radius 2 is 2.00 bits per heavy atom. The molecular weight excluding hydrogens is 170 g/mol. The molecule has 0 amide bonds. The van der Waals surface area contributed by atoms with Crippen LogP contribution in [0.1, 0.15) is 11.6 Å². The smallest absolute Gasteiger partial charge is 0.157 e. The Hall–Kier alpha value is -1.26. The standard InChI is InChI=1S/C9H13NO3/c1-10-7(5-11)6-2-3-8(12)9(13)4-6/h2-4,7,10-13H,5H2,1H3/t7-/m0/s1. The van der Waals surface area contributed by atoms with Crippen LogP contribution in [0.5, 0.6) is 11.5 Å². The Morgan fingerprint density at radius 3 is 2.46 bits per heavy atom. The largest absolute Gasteiger partial charge is 0.504 e. The lowest BCUT2D eigenvalue weighted by molar-refractivity contribution is 0.250. The number of phenolic OH excluding ortho intramolecular Hbond substituents is 2. The minimum atomic E-state index is -0.216. The molecule has 0 saturated heterocycles. The molecule has 0 heterocycles. The molecule has 4 heteroatoms. The van der Waals surface area contributed by atoms with Crippen molar-refractivity contribution in [3.63, 3.8) is 0 Å². The van der Waals surface area contributed by atoms with Crippen LogP contribution in [-0.4, -0.2) is 29.0 Å². The highest BCUT2D eigenvalue weighted by Gasteiger charge is 2.09. The normalized spacial score (nSPS) is 12.8. The molecular formula is C9H13NO3. The van der Waals surface area contributed by atoms with E-state index in [1.165, 1.54) is 12.1 Å². The summed E-state index contributed by atoms with van der Waals surface area (Å²) in [6.07, 6.45) is 0. The quantitative estimate of drug-likeness (QED) is 0.510. The van der Waals surface area contributed by atoms with Gasteiger partial charge in [-0.15, -0.1) is 0 Å². The predicted molar refractivity (Wildman–Crippen MR) is 48.7 cm³/mol. The van der Waals surface area contributed by atoms with E-state index in [-0.39, 0.29) is 24.1 Å². The number of phenols is 2. The number of benzene rings is 1. The van der Waals surface area contributed by atoms with Gasteiger partial charge in [-0.25, -0.2) is 0 Å². The number of likely N-dealkylation sites (N-methyl/N-ethyl adjacent to an activating group) is 1. The van der Waals surface area contributed by atoms with Gasteiger partial charge in [0.25, 0.3) is 0 Å². The van der Waals surface area contributed by atoms with Gasteiger partial charge in [0.1, 0.15) is 0 Å². The second-order valence-electron chi connectivity index (χ2n) is 2.77. The Morgan fingerprint density at radius 1 is 1.31 bits per heavy atom. The molecule has 0 bridgehead atoms. The topological polar surface area (TPSA) is 72.7 Å². The van der Waals surface area contributed by atoms with E-state index in [0.29, 0.717) is 0 Å². The first-order valence-electron chi connectivity index (χ1n) is 3.99. The molecule has 1 aromatic carbocycles. The first-order valence-corrected chi connectivity index (χ1v) is 3.99. The Bertz CT molecular complexity index is 284. The van der Waals surface area contributed by atoms with E-state index in [1.54, 1.807) is 13.1 Å². The molecule has 0 spiro atoms. The highest BCUT2D eigenvalue weighted by molar-refractivity contribution is 5.41. The number of nitrogens with one attached hydrogen (secondary N) is 1. The first-order chi connectivity index (χ1) is 6.19. The molecule has 1 rings (SSSR count). The summed E-state index contributed by atoms with van der Waals surface area (Å²) in [5, 5.41) is 30.0. The number of aliphatic hydroxyl groups excluding tert-OH is 1. The van der Waals surface area contributed by atoms with Crippen LogP contribution in [0, 0.1) is 0 Å². The van der Waals surface area contributed by atoms with Crippen LogP contribution in [0.2, 0.25) is 0 Å². The van der Waals surface area contributed by atoms with Crippen molar-refractivity contribution in [1.82, 2.24) is 5.32 Å². The van der Waals surface area contributed by atoms with E-state index in [2.05, 4.69) is 5.32 Å².